The van der Waals surface area contributed by atoms with Crippen molar-refractivity contribution in [3.05, 3.63) is 59.9 Å². The number of benzene rings is 1. The van der Waals surface area contributed by atoms with Gasteiger partial charge in [-0.15, -0.1) is 0 Å². The zero-order valence-electron chi connectivity index (χ0n) is 9.17. The Balaban J connectivity index is 2.01. The zero-order chi connectivity index (χ0) is 12.1. The molecule has 0 aliphatic rings. The predicted octanol–water partition coefficient (Wildman–Crippen LogP) is 2.02. The first-order chi connectivity index (χ1) is 8.27. The average Bonchev–Trinajstić information content (AvgIpc) is 2.38. The van der Waals surface area contributed by atoms with Gasteiger partial charge in [0.25, 0.3) is 0 Å². The number of pyridine rings is 1. The molecule has 2 N–H and O–H groups in total. The minimum atomic E-state index is -0.417. The number of nitrogens with zero attached hydrogens (tertiary/aromatic N) is 1. The third kappa shape index (κ3) is 2.81. The van der Waals surface area contributed by atoms with E-state index < -0.39 is 5.97 Å². The molecule has 4 nitrogen and oxygen atoms in total. The molecule has 4 heteroatoms. The van der Waals surface area contributed by atoms with Gasteiger partial charge in [0.05, 0.1) is 5.56 Å². The Bertz CT molecular complexity index is 512. The lowest BCUT2D eigenvalue weighted by molar-refractivity contribution is 0.0474. The molecule has 0 amide bonds. The van der Waals surface area contributed by atoms with Crippen molar-refractivity contribution in [2.45, 2.75) is 6.61 Å². The molecule has 0 bridgehead atoms. The van der Waals surface area contributed by atoms with Crippen LogP contribution in [0.5, 0.6) is 0 Å². The minimum Gasteiger partial charge on any atom is -0.457 e. The van der Waals surface area contributed by atoms with E-state index in [0.717, 1.165) is 5.56 Å². The molecule has 86 valence electrons. The number of ether oxygens (including phenoxy) is 1. The van der Waals surface area contributed by atoms with Gasteiger partial charge in [-0.25, -0.2) is 4.79 Å². The molecule has 0 fully saturated rings. The molecule has 0 saturated heterocycles. The lowest BCUT2D eigenvalue weighted by Gasteiger charge is -2.06. The highest BCUT2D eigenvalue weighted by Gasteiger charge is 2.09. The molecule has 0 unspecified atom stereocenters. The molecule has 0 atom stereocenters. The summed E-state index contributed by atoms with van der Waals surface area (Å²) in [4.78, 5) is 15.6. The maximum atomic E-state index is 11.7. The van der Waals surface area contributed by atoms with E-state index in [9.17, 15) is 4.79 Å². The van der Waals surface area contributed by atoms with Crippen molar-refractivity contribution < 1.29 is 9.53 Å². The Kier molecular flexibility index (Phi) is 3.35. The highest BCUT2D eigenvalue weighted by Crippen LogP contribution is 2.12. The first-order valence-corrected chi connectivity index (χ1v) is 5.18. The standard InChI is InChI=1S/C13H12N2O2/c14-12-4-2-1-3-11(12)13(16)17-9-10-5-7-15-8-6-10/h1-8H,9,14H2. The summed E-state index contributed by atoms with van der Waals surface area (Å²) in [7, 11) is 0. The predicted molar refractivity (Wildman–Crippen MR) is 64.2 cm³/mol. The second kappa shape index (κ2) is 5.12. The number of carbonyl (C=O) groups excluding carboxylic acids is 1. The molecule has 2 aromatic rings. The topological polar surface area (TPSA) is 65.2 Å². The van der Waals surface area contributed by atoms with Gasteiger partial charge in [0.2, 0.25) is 0 Å². The van der Waals surface area contributed by atoms with Gasteiger partial charge in [0.1, 0.15) is 6.61 Å². The zero-order valence-corrected chi connectivity index (χ0v) is 9.17. The molecule has 0 aliphatic carbocycles. The van der Waals surface area contributed by atoms with Gasteiger partial charge in [-0.05, 0) is 29.8 Å². The van der Waals surface area contributed by atoms with E-state index in [1.165, 1.54) is 0 Å². The molecule has 0 saturated carbocycles. The fraction of sp³-hybridized carbons (Fsp3) is 0.0769. The molecular weight excluding hydrogens is 216 g/mol. The molecule has 2 rings (SSSR count). The van der Waals surface area contributed by atoms with Crippen molar-refractivity contribution in [2.24, 2.45) is 0 Å². The first-order valence-electron chi connectivity index (χ1n) is 5.18. The number of hydrogen-bond donors (Lipinski definition) is 1. The first kappa shape index (κ1) is 11.1. The van der Waals surface area contributed by atoms with Gasteiger partial charge < -0.3 is 10.5 Å². The van der Waals surface area contributed by atoms with Crippen LogP contribution in [0.1, 0.15) is 15.9 Å². The van der Waals surface area contributed by atoms with Gasteiger partial charge in [-0.1, -0.05) is 12.1 Å². The van der Waals surface area contributed by atoms with Crippen LogP contribution in [0.15, 0.2) is 48.8 Å². The fourth-order valence-corrected chi connectivity index (χ4v) is 1.39. The molecule has 0 radical (unpaired) electrons. The number of nitrogens with two attached hydrogens (primary N) is 1. The molecule has 0 aliphatic heterocycles. The van der Waals surface area contributed by atoms with Crippen molar-refractivity contribution in [1.29, 1.82) is 0 Å². The monoisotopic (exact) mass is 228 g/mol. The summed E-state index contributed by atoms with van der Waals surface area (Å²) in [5.74, 6) is -0.417. The third-order valence-corrected chi connectivity index (χ3v) is 2.30. The number of carbonyl (C=O) groups is 1. The number of hydrogen-bond acceptors (Lipinski definition) is 4. The van der Waals surface area contributed by atoms with E-state index in [1.807, 2.05) is 0 Å². The van der Waals surface area contributed by atoms with Crippen LogP contribution >= 0.6 is 0 Å². The SMILES string of the molecule is Nc1ccccc1C(=O)OCc1ccncc1. The average molecular weight is 228 g/mol. The lowest BCUT2D eigenvalue weighted by atomic mass is 10.2. The number of anilines is 1. The summed E-state index contributed by atoms with van der Waals surface area (Å²) in [6.45, 7) is 0.218. The smallest absolute Gasteiger partial charge is 0.340 e. The largest absolute Gasteiger partial charge is 0.457 e. The molecule has 17 heavy (non-hydrogen) atoms. The second-order valence-corrected chi connectivity index (χ2v) is 3.52. The van der Waals surface area contributed by atoms with Crippen LogP contribution in [-0.2, 0) is 11.3 Å². The number of para-hydroxylation sites is 1. The van der Waals surface area contributed by atoms with Gasteiger partial charge in [-0.2, -0.15) is 0 Å². The fourth-order valence-electron chi connectivity index (χ4n) is 1.39. The highest BCUT2D eigenvalue weighted by molar-refractivity contribution is 5.94. The molecule has 1 aromatic heterocycles. The summed E-state index contributed by atoms with van der Waals surface area (Å²) in [6, 6.07) is 10.4. The third-order valence-electron chi connectivity index (χ3n) is 2.30. The van der Waals surface area contributed by atoms with Crippen LogP contribution in [0.25, 0.3) is 0 Å². The Labute approximate surface area is 99.1 Å². The van der Waals surface area contributed by atoms with Gasteiger partial charge in [0.15, 0.2) is 0 Å². The van der Waals surface area contributed by atoms with Crippen molar-refractivity contribution in [2.75, 3.05) is 5.73 Å². The molecule has 1 heterocycles. The summed E-state index contributed by atoms with van der Waals surface area (Å²) >= 11 is 0. The van der Waals surface area contributed by atoms with Crippen molar-refractivity contribution in [1.82, 2.24) is 4.98 Å². The van der Waals surface area contributed by atoms with Crippen LogP contribution in [0.2, 0.25) is 0 Å². The number of aromatic nitrogens is 1. The normalized spacial score (nSPS) is 9.88. The van der Waals surface area contributed by atoms with Gasteiger partial charge in [0, 0.05) is 18.1 Å². The van der Waals surface area contributed by atoms with E-state index in [4.69, 9.17) is 10.5 Å². The quantitative estimate of drug-likeness (QED) is 0.644. The summed E-state index contributed by atoms with van der Waals surface area (Å²) in [5, 5.41) is 0. The van der Waals surface area contributed by atoms with E-state index in [-0.39, 0.29) is 6.61 Å². The lowest BCUT2D eigenvalue weighted by Crippen LogP contribution is -2.08. The van der Waals surface area contributed by atoms with Crippen molar-refractivity contribution in [3.63, 3.8) is 0 Å². The molecule has 1 aromatic carbocycles. The summed E-state index contributed by atoms with van der Waals surface area (Å²) in [6.07, 6.45) is 3.31. The Morgan fingerprint density at radius 1 is 1.18 bits per heavy atom. The Morgan fingerprint density at radius 3 is 2.59 bits per heavy atom. The maximum absolute atomic E-state index is 11.7. The van der Waals surface area contributed by atoms with Gasteiger partial charge in [-0.3, -0.25) is 4.98 Å². The summed E-state index contributed by atoms with van der Waals surface area (Å²) in [5.41, 5.74) is 7.38. The second-order valence-electron chi connectivity index (χ2n) is 3.52. The van der Waals surface area contributed by atoms with Crippen LogP contribution in [-0.4, -0.2) is 11.0 Å². The maximum Gasteiger partial charge on any atom is 0.340 e. The molecular formula is C13H12N2O2. The van der Waals surface area contributed by atoms with E-state index >= 15 is 0 Å². The van der Waals surface area contributed by atoms with Crippen LogP contribution in [0.4, 0.5) is 5.69 Å². The number of nitrogen functional groups attached to an aromatic ring is 1. The van der Waals surface area contributed by atoms with Gasteiger partial charge >= 0.3 is 5.97 Å². The number of esters is 1. The Hall–Kier alpha value is -2.36. The minimum absolute atomic E-state index is 0.218. The van der Waals surface area contributed by atoms with Crippen LogP contribution < -0.4 is 5.73 Å². The van der Waals surface area contributed by atoms with Crippen LogP contribution in [0, 0.1) is 0 Å². The van der Waals surface area contributed by atoms with E-state index in [2.05, 4.69) is 4.98 Å². The van der Waals surface area contributed by atoms with Crippen molar-refractivity contribution >= 4 is 11.7 Å². The van der Waals surface area contributed by atoms with E-state index in [1.54, 1.807) is 48.8 Å². The Morgan fingerprint density at radius 2 is 1.88 bits per heavy atom. The van der Waals surface area contributed by atoms with Crippen LogP contribution in [0.3, 0.4) is 0 Å². The van der Waals surface area contributed by atoms with E-state index in [0.29, 0.717) is 11.3 Å². The highest BCUT2D eigenvalue weighted by atomic mass is 16.5. The van der Waals surface area contributed by atoms with Crippen molar-refractivity contribution in [3.8, 4) is 0 Å². The number of rotatable bonds is 3. The molecule has 0 spiro atoms. The summed E-state index contributed by atoms with van der Waals surface area (Å²) < 4.78 is 5.15.